The van der Waals surface area contributed by atoms with Gasteiger partial charge in [-0.2, -0.15) is 8.42 Å². The summed E-state index contributed by atoms with van der Waals surface area (Å²) in [7, 11) is -3.01. The number of methoxy groups -OCH3 is 1. The summed E-state index contributed by atoms with van der Waals surface area (Å²) in [5, 5.41) is 12.1. The number of aromatic nitrogens is 1. The molecule has 1 aromatic carbocycles. The quantitative estimate of drug-likeness (QED) is 0.480. The maximum absolute atomic E-state index is 11.2. The lowest BCUT2D eigenvalue weighted by atomic mass is 9.73. The summed E-state index contributed by atoms with van der Waals surface area (Å²) >= 11 is 0. The number of nitrogens with zero attached hydrogens (tertiary/aromatic N) is 2. The second-order valence-corrected chi connectivity index (χ2v) is 8.32. The summed E-state index contributed by atoms with van der Waals surface area (Å²) in [4.78, 5) is 6.86. The number of benzene rings is 1. The number of aliphatic hydroxyl groups excluding tert-OH is 1. The molecule has 5 atom stereocenters. The molecule has 2 bridgehead atoms. The minimum atomic E-state index is -4.67. The fourth-order valence-electron chi connectivity index (χ4n) is 4.44. The van der Waals surface area contributed by atoms with Crippen molar-refractivity contribution in [3.05, 3.63) is 48.7 Å². The zero-order valence-electron chi connectivity index (χ0n) is 16.7. The van der Waals surface area contributed by atoms with Crippen molar-refractivity contribution in [3.63, 3.8) is 0 Å². The Hall–Kier alpha value is -2.08. The van der Waals surface area contributed by atoms with E-state index < -0.39 is 16.5 Å². The largest absolute Gasteiger partial charge is 0.497 e. The van der Waals surface area contributed by atoms with Crippen molar-refractivity contribution in [2.24, 2.45) is 11.8 Å². The van der Waals surface area contributed by atoms with Gasteiger partial charge in [-0.15, -0.1) is 6.58 Å². The average molecular weight is 441 g/mol. The molecule has 10 heteroatoms. The van der Waals surface area contributed by atoms with Gasteiger partial charge in [0.05, 0.1) is 18.7 Å². The summed E-state index contributed by atoms with van der Waals surface area (Å²) in [6.45, 7) is 6.07. The molecular weight excluding hydrogens is 412 g/mol. The van der Waals surface area contributed by atoms with Crippen LogP contribution in [0.1, 0.15) is 24.5 Å². The second-order valence-electron chi connectivity index (χ2n) is 7.42. The van der Waals surface area contributed by atoms with Crippen molar-refractivity contribution < 1.29 is 32.8 Å². The number of hydrogen-bond donors (Lipinski definition) is 3. The van der Waals surface area contributed by atoms with E-state index >= 15 is 0 Å². The standard InChI is InChI=1S/C20H24N2O2.H2O4S.H2O/c1-3-13-12-22-9-7-14(13)10-19(22)20(23)16-6-8-21-18-5-4-15(24-2)11-17(16)18;1-5(2,3)4;/h3-6,8,11,13-14,19-20,23H,1,7,9-10,12H2,2H3;(H2,1,2,3,4);1H2/t13-,14-,19+,20-;;/m1../s1. The molecule has 0 radical (unpaired) electrons. The Morgan fingerprint density at radius 3 is 2.60 bits per heavy atom. The first-order valence-electron chi connectivity index (χ1n) is 9.38. The molecule has 166 valence electrons. The summed E-state index contributed by atoms with van der Waals surface area (Å²) in [6.07, 6.45) is 5.62. The molecule has 5 rings (SSSR count). The second kappa shape index (κ2) is 9.82. The first kappa shape index (κ1) is 24.2. The molecule has 3 saturated heterocycles. The molecule has 30 heavy (non-hydrogen) atoms. The third kappa shape index (κ3) is 5.54. The zero-order valence-corrected chi connectivity index (χ0v) is 17.5. The van der Waals surface area contributed by atoms with Crippen molar-refractivity contribution in [1.29, 1.82) is 0 Å². The van der Waals surface area contributed by atoms with Gasteiger partial charge >= 0.3 is 10.4 Å². The van der Waals surface area contributed by atoms with Crippen LogP contribution in [-0.4, -0.2) is 64.2 Å². The van der Waals surface area contributed by atoms with Crippen LogP contribution in [0.15, 0.2) is 43.1 Å². The molecule has 5 N–H and O–H groups in total. The number of hydrogen-bond acceptors (Lipinski definition) is 6. The van der Waals surface area contributed by atoms with Crippen LogP contribution >= 0.6 is 0 Å². The summed E-state index contributed by atoms with van der Waals surface area (Å²) in [5.74, 6) is 2.01. The lowest BCUT2D eigenvalue weighted by molar-refractivity contribution is -0.0444. The predicted molar refractivity (Wildman–Crippen MR) is 113 cm³/mol. The Balaban J connectivity index is 0.000000482. The average Bonchev–Trinajstić information content (AvgIpc) is 2.71. The van der Waals surface area contributed by atoms with E-state index in [2.05, 4.69) is 22.5 Å². The van der Waals surface area contributed by atoms with Crippen LogP contribution < -0.4 is 4.74 Å². The molecule has 0 saturated carbocycles. The van der Waals surface area contributed by atoms with Crippen LogP contribution in [0.25, 0.3) is 10.9 Å². The van der Waals surface area contributed by atoms with Crippen LogP contribution in [0.5, 0.6) is 5.75 Å². The van der Waals surface area contributed by atoms with E-state index in [9.17, 15) is 5.11 Å². The molecule has 3 fully saturated rings. The van der Waals surface area contributed by atoms with E-state index in [4.69, 9.17) is 22.3 Å². The van der Waals surface area contributed by atoms with E-state index in [1.54, 1.807) is 13.3 Å². The maximum atomic E-state index is 11.2. The van der Waals surface area contributed by atoms with Crippen LogP contribution in [0.2, 0.25) is 0 Å². The first-order valence-corrected chi connectivity index (χ1v) is 10.8. The Kier molecular flexibility index (Phi) is 7.92. The topological polar surface area (TPSA) is 152 Å². The van der Waals surface area contributed by atoms with Gasteiger partial charge in [0.2, 0.25) is 0 Å². The number of rotatable bonds is 4. The number of piperidine rings is 3. The highest BCUT2D eigenvalue weighted by atomic mass is 32.3. The number of ether oxygens (including phenoxy) is 1. The first-order chi connectivity index (χ1) is 13.7. The van der Waals surface area contributed by atoms with Gasteiger partial charge < -0.3 is 15.3 Å². The van der Waals surface area contributed by atoms with Crippen molar-refractivity contribution in [2.45, 2.75) is 25.0 Å². The van der Waals surface area contributed by atoms with Crippen LogP contribution in [0.4, 0.5) is 0 Å². The fourth-order valence-corrected chi connectivity index (χ4v) is 4.44. The van der Waals surface area contributed by atoms with Gasteiger partial charge in [-0.05, 0) is 61.1 Å². The third-order valence-electron chi connectivity index (χ3n) is 5.82. The predicted octanol–water partition coefficient (Wildman–Crippen LogP) is 1.70. The minimum absolute atomic E-state index is 0. The van der Waals surface area contributed by atoms with Crippen molar-refractivity contribution in [3.8, 4) is 5.75 Å². The van der Waals surface area contributed by atoms with E-state index in [-0.39, 0.29) is 11.5 Å². The Labute approximate surface area is 175 Å². The fraction of sp³-hybridized carbons (Fsp3) is 0.450. The molecule has 3 aliphatic heterocycles. The zero-order chi connectivity index (χ0) is 21.2. The Morgan fingerprint density at radius 2 is 2.03 bits per heavy atom. The molecular formula is C20H28N2O7S. The number of pyridine rings is 1. The van der Waals surface area contributed by atoms with Gasteiger partial charge in [0.15, 0.2) is 0 Å². The maximum Gasteiger partial charge on any atom is 0.394 e. The van der Waals surface area contributed by atoms with Crippen LogP contribution in [-0.2, 0) is 10.4 Å². The SMILES string of the molecule is C=C[C@@H]1CN2CC[C@@H]1C[C@H]2[C@H](O)c1ccnc2ccc(OC)cc12.O.O=S(=O)(O)O. The summed E-state index contributed by atoms with van der Waals surface area (Å²) in [6, 6.07) is 7.96. The highest BCUT2D eigenvalue weighted by Crippen LogP contribution is 2.42. The van der Waals surface area contributed by atoms with Gasteiger partial charge in [0, 0.05) is 24.2 Å². The minimum Gasteiger partial charge on any atom is -0.497 e. The van der Waals surface area contributed by atoms with Crippen LogP contribution in [0, 0.1) is 11.8 Å². The van der Waals surface area contributed by atoms with Gasteiger partial charge in [0.25, 0.3) is 0 Å². The summed E-state index contributed by atoms with van der Waals surface area (Å²) in [5.41, 5.74) is 1.85. The monoisotopic (exact) mass is 440 g/mol. The van der Waals surface area contributed by atoms with Crippen LogP contribution in [0.3, 0.4) is 0 Å². The highest BCUT2D eigenvalue weighted by Gasteiger charge is 2.42. The van der Waals surface area contributed by atoms with E-state index in [0.717, 1.165) is 41.7 Å². The normalized spacial score (nSPS) is 26.1. The smallest absolute Gasteiger partial charge is 0.394 e. The third-order valence-corrected chi connectivity index (χ3v) is 5.82. The molecule has 1 unspecified atom stereocenters. The van der Waals surface area contributed by atoms with Crippen molar-refractivity contribution in [1.82, 2.24) is 9.88 Å². The van der Waals surface area contributed by atoms with Gasteiger partial charge in [-0.1, -0.05) is 6.08 Å². The molecule has 0 spiro atoms. The van der Waals surface area contributed by atoms with E-state index in [1.807, 2.05) is 24.3 Å². The molecule has 0 aliphatic carbocycles. The van der Waals surface area contributed by atoms with Crippen molar-refractivity contribution >= 4 is 21.3 Å². The Bertz CT molecular complexity index is 974. The number of fused-ring (bicyclic) bond motifs is 4. The molecule has 2 aromatic rings. The molecule has 9 nitrogen and oxygen atoms in total. The summed E-state index contributed by atoms with van der Waals surface area (Å²) < 4.78 is 36.9. The van der Waals surface area contributed by atoms with Gasteiger partial charge in [0.1, 0.15) is 5.75 Å². The van der Waals surface area contributed by atoms with E-state index in [0.29, 0.717) is 11.8 Å². The van der Waals surface area contributed by atoms with Gasteiger partial charge in [-0.3, -0.25) is 19.0 Å². The lowest BCUT2D eigenvalue weighted by Gasteiger charge is -2.50. The number of aliphatic hydroxyl groups is 1. The van der Waals surface area contributed by atoms with E-state index in [1.165, 1.54) is 6.42 Å². The molecule has 1 aromatic heterocycles. The molecule has 4 heterocycles. The molecule has 0 amide bonds. The lowest BCUT2D eigenvalue weighted by Crippen LogP contribution is -2.54. The highest BCUT2D eigenvalue weighted by molar-refractivity contribution is 7.79. The molecule has 3 aliphatic rings. The Morgan fingerprint density at radius 1 is 1.33 bits per heavy atom. The van der Waals surface area contributed by atoms with Crippen molar-refractivity contribution in [2.75, 3.05) is 20.2 Å². The van der Waals surface area contributed by atoms with Gasteiger partial charge in [-0.25, -0.2) is 0 Å².